The molecule has 0 saturated heterocycles. The van der Waals surface area contributed by atoms with Gasteiger partial charge in [-0.25, -0.2) is 4.79 Å². The van der Waals surface area contributed by atoms with Gasteiger partial charge in [-0.05, 0) is 13.8 Å². The molecule has 2 N–H and O–H groups in total. The van der Waals surface area contributed by atoms with Gasteiger partial charge < -0.3 is 19.7 Å². The molecule has 1 atom stereocenters. The van der Waals surface area contributed by atoms with Crippen LogP contribution in [0.5, 0.6) is 0 Å². The lowest BCUT2D eigenvalue weighted by molar-refractivity contribution is -0.148. The van der Waals surface area contributed by atoms with Crippen LogP contribution in [0.25, 0.3) is 0 Å². The highest BCUT2D eigenvalue weighted by Crippen LogP contribution is 2.19. The summed E-state index contributed by atoms with van der Waals surface area (Å²) in [7, 11) is 1.29. The van der Waals surface area contributed by atoms with Gasteiger partial charge in [-0.3, -0.25) is 4.79 Å². The first-order valence-corrected chi connectivity index (χ1v) is 7.13. The molecule has 7 nitrogen and oxygen atoms in total. The molecule has 0 aliphatic carbocycles. The second-order valence-electron chi connectivity index (χ2n) is 4.16. The molecule has 1 aromatic rings. The van der Waals surface area contributed by atoms with E-state index in [-0.39, 0.29) is 18.2 Å². The Hall–Kier alpha value is -1.54. The molecular weight excluding hydrogens is 284 g/mol. The number of methoxy groups -OCH3 is 1. The van der Waals surface area contributed by atoms with Crippen molar-refractivity contribution in [2.24, 2.45) is 0 Å². The summed E-state index contributed by atoms with van der Waals surface area (Å²) in [6, 6.07) is 0. The number of nitrogens with zero attached hydrogens (tertiary/aromatic N) is 1. The molecule has 0 spiro atoms. The van der Waals surface area contributed by atoms with Gasteiger partial charge in [0.1, 0.15) is 5.76 Å². The highest BCUT2D eigenvalue weighted by Gasteiger charge is 2.17. The average Bonchev–Trinajstić information content (AvgIpc) is 2.70. The Morgan fingerprint density at radius 3 is 2.70 bits per heavy atom. The monoisotopic (exact) mass is 302 g/mol. The number of aryl methyl sites for hydroxylation is 2. The maximum atomic E-state index is 11.6. The van der Waals surface area contributed by atoms with E-state index in [4.69, 9.17) is 14.4 Å². The van der Waals surface area contributed by atoms with Gasteiger partial charge in [-0.2, -0.15) is 0 Å². The molecule has 1 amide bonds. The topological polar surface area (TPSA) is 102 Å². The second-order valence-corrected chi connectivity index (χ2v) is 5.15. The van der Waals surface area contributed by atoms with E-state index in [1.165, 1.54) is 18.9 Å². The van der Waals surface area contributed by atoms with Crippen LogP contribution in [0.15, 0.2) is 4.52 Å². The van der Waals surface area contributed by atoms with Crippen LogP contribution < -0.4 is 5.32 Å². The van der Waals surface area contributed by atoms with Crippen molar-refractivity contribution in [2.75, 3.05) is 19.4 Å². The summed E-state index contributed by atoms with van der Waals surface area (Å²) in [5.74, 6) is 0.281. The average molecular weight is 302 g/mol. The van der Waals surface area contributed by atoms with Crippen LogP contribution in [-0.2, 0) is 20.1 Å². The number of hydrogen-bond donors (Lipinski definition) is 2. The third-order valence-corrected chi connectivity index (χ3v) is 3.66. The number of carbonyl (C=O) groups is 2. The number of thioether (sulfide) groups is 1. The van der Waals surface area contributed by atoms with Crippen LogP contribution in [0.4, 0.5) is 0 Å². The predicted octanol–water partition coefficient (Wildman–Crippen LogP) is 0.740. The summed E-state index contributed by atoms with van der Waals surface area (Å²) in [4.78, 5) is 22.3. The van der Waals surface area contributed by atoms with Gasteiger partial charge in [0, 0.05) is 18.4 Å². The van der Waals surface area contributed by atoms with E-state index in [2.05, 4.69) is 10.5 Å². The van der Waals surface area contributed by atoms with Gasteiger partial charge in [0.2, 0.25) is 5.91 Å². The lowest BCUT2D eigenvalue weighted by Crippen LogP contribution is -2.38. The Morgan fingerprint density at radius 1 is 1.50 bits per heavy atom. The van der Waals surface area contributed by atoms with E-state index in [1.54, 1.807) is 0 Å². The molecule has 0 saturated carbocycles. The fourth-order valence-corrected chi connectivity index (χ4v) is 2.49. The second kappa shape index (κ2) is 7.91. The summed E-state index contributed by atoms with van der Waals surface area (Å²) in [5, 5.41) is 15.1. The molecule has 1 rings (SSSR count). The minimum Gasteiger partial charge on any atom is -0.479 e. The molecular formula is C12H18N2O5S. The summed E-state index contributed by atoms with van der Waals surface area (Å²) in [6.07, 6.45) is -1.02. The molecule has 0 bridgehead atoms. The van der Waals surface area contributed by atoms with Crippen LogP contribution >= 0.6 is 11.8 Å². The number of amides is 1. The number of hydrogen-bond acceptors (Lipinski definition) is 6. The molecule has 1 heterocycles. The summed E-state index contributed by atoms with van der Waals surface area (Å²) in [5.41, 5.74) is 1.81. The third-order valence-electron chi connectivity index (χ3n) is 2.71. The van der Waals surface area contributed by atoms with Gasteiger partial charge in [-0.1, -0.05) is 5.16 Å². The van der Waals surface area contributed by atoms with E-state index in [0.717, 1.165) is 17.0 Å². The number of aromatic nitrogens is 1. The van der Waals surface area contributed by atoms with Crippen molar-refractivity contribution in [3.05, 3.63) is 17.0 Å². The zero-order chi connectivity index (χ0) is 15.1. The molecule has 0 aliphatic rings. The van der Waals surface area contributed by atoms with Crippen molar-refractivity contribution in [1.82, 2.24) is 10.5 Å². The summed E-state index contributed by atoms with van der Waals surface area (Å²) < 4.78 is 9.74. The van der Waals surface area contributed by atoms with Crippen LogP contribution in [0.3, 0.4) is 0 Å². The van der Waals surface area contributed by atoms with Crippen LogP contribution in [0.2, 0.25) is 0 Å². The van der Waals surface area contributed by atoms with Gasteiger partial charge in [-0.15, -0.1) is 11.8 Å². The molecule has 1 aromatic heterocycles. The van der Waals surface area contributed by atoms with E-state index in [0.29, 0.717) is 5.75 Å². The number of carboxylic acids is 1. The number of rotatable bonds is 8. The van der Waals surface area contributed by atoms with Crippen molar-refractivity contribution in [3.63, 3.8) is 0 Å². The van der Waals surface area contributed by atoms with Crippen molar-refractivity contribution >= 4 is 23.6 Å². The maximum absolute atomic E-state index is 11.6. The van der Waals surface area contributed by atoms with Crippen LogP contribution in [0.1, 0.15) is 17.0 Å². The first-order valence-electron chi connectivity index (χ1n) is 5.97. The van der Waals surface area contributed by atoms with E-state index >= 15 is 0 Å². The fraction of sp³-hybridized carbons (Fsp3) is 0.583. The molecule has 0 aromatic carbocycles. The molecule has 20 heavy (non-hydrogen) atoms. The lowest BCUT2D eigenvalue weighted by atomic mass is 10.2. The Balaban J connectivity index is 2.29. The number of ether oxygens (including phenoxy) is 1. The molecule has 0 aliphatic heterocycles. The summed E-state index contributed by atoms with van der Waals surface area (Å²) in [6.45, 7) is 3.63. The van der Waals surface area contributed by atoms with Crippen molar-refractivity contribution < 1.29 is 24.0 Å². The molecule has 112 valence electrons. The standard InChI is InChI=1S/C12H18N2O5S/c1-7-9(8(2)19-14-7)5-20-6-11(15)13-4-10(18-3)12(16)17/h10H,4-6H2,1-3H3,(H,13,15)(H,16,17). The van der Waals surface area contributed by atoms with Crippen LogP contribution in [-0.4, -0.2) is 47.7 Å². The van der Waals surface area contributed by atoms with Crippen molar-refractivity contribution in [1.29, 1.82) is 0 Å². The Labute approximate surface area is 121 Å². The van der Waals surface area contributed by atoms with Gasteiger partial charge in [0.05, 0.1) is 18.0 Å². The predicted molar refractivity (Wildman–Crippen MR) is 73.6 cm³/mol. The van der Waals surface area contributed by atoms with E-state index in [1.807, 2.05) is 13.8 Å². The maximum Gasteiger partial charge on any atom is 0.334 e. The Kier molecular flexibility index (Phi) is 6.53. The SMILES string of the molecule is COC(CNC(=O)CSCc1c(C)noc1C)C(=O)O. The normalized spacial score (nSPS) is 12.2. The minimum atomic E-state index is -1.10. The molecule has 0 fully saturated rings. The quantitative estimate of drug-likeness (QED) is 0.730. The highest BCUT2D eigenvalue weighted by molar-refractivity contribution is 7.99. The van der Waals surface area contributed by atoms with Gasteiger partial charge in [0.25, 0.3) is 0 Å². The third kappa shape index (κ3) is 4.86. The van der Waals surface area contributed by atoms with Crippen molar-refractivity contribution in [3.8, 4) is 0 Å². The highest BCUT2D eigenvalue weighted by atomic mass is 32.2. The number of nitrogens with one attached hydrogen (secondary N) is 1. The van der Waals surface area contributed by atoms with Gasteiger partial charge >= 0.3 is 5.97 Å². The van der Waals surface area contributed by atoms with E-state index in [9.17, 15) is 9.59 Å². The minimum absolute atomic E-state index is 0.0451. The molecule has 1 unspecified atom stereocenters. The van der Waals surface area contributed by atoms with E-state index < -0.39 is 12.1 Å². The molecule has 8 heteroatoms. The zero-order valence-electron chi connectivity index (χ0n) is 11.6. The Bertz CT molecular complexity index is 455. The van der Waals surface area contributed by atoms with Crippen LogP contribution in [0, 0.1) is 13.8 Å². The van der Waals surface area contributed by atoms with Crippen molar-refractivity contribution in [2.45, 2.75) is 25.7 Å². The Morgan fingerprint density at radius 2 is 2.20 bits per heavy atom. The number of aliphatic carboxylic acids is 1. The zero-order valence-corrected chi connectivity index (χ0v) is 12.5. The lowest BCUT2D eigenvalue weighted by Gasteiger charge is -2.11. The number of carboxylic acid groups (broad SMARTS) is 1. The first-order chi connectivity index (χ1) is 9.45. The smallest absolute Gasteiger partial charge is 0.334 e. The fourth-order valence-electron chi connectivity index (χ4n) is 1.48. The molecule has 0 radical (unpaired) electrons. The largest absolute Gasteiger partial charge is 0.479 e. The number of carbonyl (C=O) groups excluding carboxylic acids is 1. The summed E-state index contributed by atoms with van der Waals surface area (Å²) >= 11 is 1.41. The first kappa shape index (κ1) is 16.5. The van der Waals surface area contributed by atoms with Gasteiger partial charge in [0.15, 0.2) is 6.10 Å².